The molecule has 0 N–H and O–H groups in total. The maximum absolute atomic E-state index is 8.37. The Morgan fingerprint density at radius 3 is 0.727 bits per heavy atom. The molecule has 56 valence electrons. The molecule has 0 saturated heterocycles. The third-order valence-corrected chi connectivity index (χ3v) is 5.52. The molecule has 0 unspecified atom stereocenters. The van der Waals surface area contributed by atoms with E-state index in [1.54, 1.807) is 0 Å². The Labute approximate surface area is 63.8 Å². The number of hydrogen-bond donors (Lipinski definition) is 0. The Bertz CT molecular complexity index is 290. The second-order valence-electron chi connectivity index (χ2n) is 1.09. The fraction of sp³-hybridized carbons (Fsp3) is 0. The molecule has 0 aliphatic heterocycles. The van der Waals surface area contributed by atoms with Gasteiger partial charge in [0.25, 0.3) is 0 Å². The molecule has 0 amide bonds. The molecule has 0 aromatic heterocycles. The van der Waals surface area contributed by atoms with E-state index in [0.29, 0.717) is 0 Å². The van der Waals surface area contributed by atoms with Gasteiger partial charge in [-0.25, -0.2) is 0 Å². The van der Waals surface area contributed by atoms with Crippen molar-refractivity contribution in [1.82, 2.24) is 0 Å². The van der Waals surface area contributed by atoms with Crippen molar-refractivity contribution < 1.29 is 15.8 Å². The summed E-state index contributed by atoms with van der Waals surface area (Å²) in [5.41, 5.74) is 0. The van der Waals surface area contributed by atoms with Crippen LogP contribution >= 0.6 is 0 Å². The summed E-state index contributed by atoms with van der Waals surface area (Å²) in [5, 5.41) is 41.8. The SMILES string of the molecule is N#[C][Au]([C]#N)([C]#N)([C]#N)[C]#N. The van der Waals surface area contributed by atoms with Gasteiger partial charge in [-0.1, -0.05) is 0 Å². The van der Waals surface area contributed by atoms with E-state index in [2.05, 4.69) is 0 Å². The van der Waals surface area contributed by atoms with Crippen molar-refractivity contribution in [2.75, 3.05) is 0 Å². The van der Waals surface area contributed by atoms with Crippen molar-refractivity contribution >= 4 is 0 Å². The van der Waals surface area contributed by atoms with Gasteiger partial charge in [0.05, 0.1) is 0 Å². The third-order valence-electron chi connectivity index (χ3n) is 0.674. The number of rotatable bonds is 0. The minimum absolute atomic E-state index is 1.26. The van der Waals surface area contributed by atoms with Crippen LogP contribution in [-0.2, 0) is 15.8 Å². The first-order valence-corrected chi connectivity index (χ1v) is 7.29. The van der Waals surface area contributed by atoms with Crippen LogP contribution in [0.1, 0.15) is 0 Å². The molecule has 11 heavy (non-hydrogen) atoms. The predicted molar refractivity (Wildman–Crippen MR) is 28.1 cm³/mol. The van der Waals surface area contributed by atoms with Gasteiger partial charge in [0.1, 0.15) is 0 Å². The molecule has 0 aliphatic carbocycles. The summed E-state index contributed by atoms with van der Waals surface area (Å²) in [6.07, 6.45) is 0. The fourth-order valence-electron chi connectivity index (χ4n) is 0.151. The van der Waals surface area contributed by atoms with Crippen LogP contribution < -0.4 is 0 Å². The zero-order valence-corrected chi connectivity index (χ0v) is 7.20. The van der Waals surface area contributed by atoms with Crippen molar-refractivity contribution in [3.05, 3.63) is 0 Å². The predicted octanol–water partition coefficient (Wildman–Crippen LogP) is 0.0814. The van der Waals surface area contributed by atoms with Crippen molar-refractivity contribution in [1.29, 1.82) is 26.3 Å². The Morgan fingerprint density at radius 2 is 0.727 bits per heavy atom. The first-order valence-electron chi connectivity index (χ1n) is 1.87. The summed E-state index contributed by atoms with van der Waals surface area (Å²) >= 11 is -5.21. The maximum atomic E-state index is 8.37. The van der Waals surface area contributed by atoms with Crippen LogP contribution in [0.3, 0.4) is 0 Å². The summed E-state index contributed by atoms with van der Waals surface area (Å²) in [4.78, 5) is 0. The van der Waals surface area contributed by atoms with Crippen molar-refractivity contribution in [3.8, 4) is 21.4 Å². The normalized spacial score (nSPS) is 11.4. The molecule has 0 radical (unpaired) electrons. The molecule has 0 aromatic carbocycles. The first-order chi connectivity index (χ1) is 5.12. The van der Waals surface area contributed by atoms with Gasteiger partial charge in [0.15, 0.2) is 0 Å². The average molecular weight is 327 g/mol. The van der Waals surface area contributed by atoms with Gasteiger partial charge >= 0.3 is 63.6 Å². The van der Waals surface area contributed by atoms with E-state index in [1.807, 2.05) is 0 Å². The Morgan fingerprint density at radius 1 is 0.545 bits per heavy atom. The Kier molecular flexibility index (Phi) is 2.03. The zero-order chi connectivity index (χ0) is 8.98. The molecule has 0 fully saturated rings. The minimum atomic E-state index is -5.21. The molecule has 0 aliphatic rings. The van der Waals surface area contributed by atoms with E-state index in [9.17, 15) is 0 Å². The van der Waals surface area contributed by atoms with E-state index in [0.717, 1.165) is 0 Å². The summed E-state index contributed by atoms with van der Waals surface area (Å²) < 4.78 is 6.32. The summed E-state index contributed by atoms with van der Waals surface area (Å²) in [7, 11) is 0. The zero-order valence-electron chi connectivity index (χ0n) is 5.04. The van der Waals surface area contributed by atoms with E-state index in [-0.39, 0.29) is 0 Å². The molecular formula is C5AuN5. The molecule has 0 spiro atoms. The van der Waals surface area contributed by atoms with Crippen LogP contribution in [0.15, 0.2) is 0 Å². The molecule has 0 bridgehead atoms. The molecule has 0 heterocycles. The molecule has 6 heteroatoms. The molecule has 0 atom stereocenters. The Hall–Kier alpha value is -1.81. The van der Waals surface area contributed by atoms with Crippen LogP contribution in [0.4, 0.5) is 0 Å². The van der Waals surface area contributed by atoms with E-state index in [4.69, 9.17) is 26.3 Å². The van der Waals surface area contributed by atoms with Crippen LogP contribution in [-0.4, -0.2) is 0 Å². The fourth-order valence-corrected chi connectivity index (χ4v) is 1.23. The monoisotopic (exact) mass is 327 g/mol. The average Bonchev–Trinajstić information content (AvgIpc) is 2.12. The summed E-state index contributed by atoms with van der Waals surface area (Å²) in [6.45, 7) is 0. The second kappa shape index (κ2) is 2.43. The molecule has 5 nitrogen and oxygen atoms in total. The van der Waals surface area contributed by atoms with E-state index >= 15 is 0 Å². The Balaban J connectivity index is 5.87. The molecule has 0 rings (SSSR count). The van der Waals surface area contributed by atoms with Gasteiger partial charge in [-0.3, -0.25) is 0 Å². The van der Waals surface area contributed by atoms with Crippen LogP contribution in [0, 0.1) is 47.7 Å². The number of hydrogen-bond acceptors (Lipinski definition) is 5. The topological polar surface area (TPSA) is 119 Å². The van der Waals surface area contributed by atoms with Gasteiger partial charge in [-0.05, 0) is 0 Å². The van der Waals surface area contributed by atoms with Gasteiger partial charge in [0.2, 0.25) is 0 Å². The standard InChI is InChI=1S/5CN.Au/c5*1-2;. The van der Waals surface area contributed by atoms with E-state index < -0.39 is 15.8 Å². The van der Waals surface area contributed by atoms with Crippen molar-refractivity contribution in [2.24, 2.45) is 0 Å². The molecule has 0 saturated carbocycles. The van der Waals surface area contributed by atoms with Gasteiger partial charge in [-0.2, -0.15) is 0 Å². The molecule has 0 aromatic rings. The number of nitriles is 5. The quantitative estimate of drug-likeness (QED) is 0.584. The van der Waals surface area contributed by atoms with Crippen LogP contribution in [0.25, 0.3) is 0 Å². The summed E-state index contributed by atoms with van der Waals surface area (Å²) in [5.74, 6) is 0. The molecular weight excluding hydrogens is 327 g/mol. The summed E-state index contributed by atoms with van der Waals surface area (Å²) in [6, 6.07) is 0. The van der Waals surface area contributed by atoms with Gasteiger partial charge < -0.3 is 0 Å². The van der Waals surface area contributed by atoms with Crippen molar-refractivity contribution in [3.63, 3.8) is 0 Å². The third kappa shape index (κ3) is 0.949. The first kappa shape index (κ1) is 9.19. The van der Waals surface area contributed by atoms with Crippen LogP contribution in [0.2, 0.25) is 0 Å². The van der Waals surface area contributed by atoms with Gasteiger partial charge in [-0.15, -0.1) is 0 Å². The van der Waals surface area contributed by atoms with Crippen molar-refractivity contribution in [2.45, 2.75) is 0 Å². The van der Waals surface area contributed by atoms with Gasteiger partial charge in [0, 0.05) is 0 Å². The van der Waals surface area contributed by atoms with E-state index in [1.165, 1.54) is 21.4 Å². The second-order valence-corrected chi connectivity index (χ2v) is 8.93. The van der Waals surface area contributed by atoms with Crippen LogP contribution in [0.5, 0.6) is 0 Å². The number of nitrogens with zero attached hydrogens (tertiary/aromatic N) is 5.